The first-order chi connectivity index (χ1) is 13.7. The smallest absolute Gasteiger partial charge is 0.240 e. The number of para-hydroxylation sites is 1. The maximum atomic E-state index is 13.0. The first-order valence-corrected chi connectivity index (χ1v) is 9.60. The highest BCUT2D eigenvalue weighted by Crippen LogP contribution is 2.31. The summed E-state index contributed by atoms with van der Waals surface area (Å²) in [6.07, 6.45) is 1.79. The van der Waals surface area contributed by atoms with Crippen LogP contribution in [0.15, 0.2) is 59.7 Å². The SMILES string of the molecule is O=C1CCC(CCC(=O)N2Cc3ccccc3O[C@@H](c3ccccc3)C2)=NN1. The van der Waals surface area contributed by atoms with Crippen LogP contribution in [0.2, 0.25) is 0 Å². The van der Waals surface area contributed by atoms with Crippen LogP contribution in [0.4, 0.5) is 0 Å². The van der Waals surface area contributed by atoms with E-state index >= 15 is 0 Å². The average Bonchev–Trinajstić information content (AvgIpc) is 2.93. The van der Waals surface area contributed by atoms with Gasteiger partial charge in [-0.05, 0) is 24.5 Å². The summed E-state index contributed by atoms with van der Waals surface area (Å²) in [4.78, 5) is 26.1. The van der Waals surface area contributed by atoms with E-state index in [1.807, 2.05) is 59.5 Å². The molecule has 2 aliphatic rings. The number of amides is 2. The molecule has 0 fully saturated rings. The van der Waals surface area contributed by atoms with E-state index in [-0.39, 0.29) is 17.9 Å². The van der Waals surface area contributed by atoms with Gasteiger partial charge in [-0.3, -0.25) is 9.59 Å². The number of nitrogens with one attached hydrogen (secondary N) is 1. The number of carbonyl (C=O) groups is 2. The van der Waals surface area contributed by atoms with E-state index in [0.29, 0.717) is 38.8 Å². The molecular weight excluding hydrogens is 354 g/mol. The predicted molar refractivity (Wildman–Crippen MR) is 106 cm³/mol. The maximum absolute atomic E-state index is 13.0. The molecule has 28 heavy (non-hydrogen) atoms. The Morgan fingerprint density at radius 1 is 1.11 bits per heavy atom. The van der Waals surface area contributed by atoms with Gasteiger partial charge in [0.2, 0.25) is 11.8 Å². The van der Waals surface area contributed by atoms with Crippen molar-refractivity contribution in [2.24, 2.45) is 5.10 Å². The zero-order valence-electron chi connectivity index (χ0n) is 15.6. The Labute approximate surface area is 164 Å². The molecule has 144 valence electrons. The molecule has 2 aromatic rings. The molecule has 0 saturated carbocycles. The second-order valence-corrected chi connectivity index (χ2v) is 7.11. The lowest BCUT2D eigenvalue weighted by Gasteiger charge is -2.25. The molecule has 6 heteroatoms. The zero-order valence-corrected chi connectivity index (χ0v) is 15.6. The van der Waals surface area contributed by atoms with Gasteiger partial charge in [0.1, 0.15) is 11.9 Å². The van der Waals surface area contributed by atoms with Crippen LogP contribution in [0.25, 0.3) is 0 Å². The molecule has 0 saturated heterocycles. The van der Waals surface area contributed by atoms with Crippen molar-refractivity contribution in [3.63, 3.8) is 0 Å². The molecule has 6 nitrogen and oxygen atoms in total. The summed E-state index contributed by atoms with van der Waals surface area (Å²) < 4.78 is 6.26. The second-order valence-electron chi connectivity index (χ2n) is 7.11. The van der Waals surface area contributed by atoms with Gasteiger partial charge in [0.25, 0.3) is 0 Å². The van der Waals surface area contributed by atoms with Crippen molar-refractivity contribution in [3.8, 4) is 5.75 Å². The van der Waals surface area contributed by atoms with Gasteiger partial charge in [-0.25, -0.2) is 5.43 Å². The summed E-state index contributed by atoms with van der Waals surface area (Å²) >= 11 is 0. The van der Waals surface area contributed by atoms with Crippen molar-refractivity contribution in [2.45, 2.75) is 38.3 Å². The van der Waals surface area contributed by atoms with Crippen LogP contribution in [-0.4, -0.2) is 29.0 Å². The van der Waals surface area contributed by atoms with Gasteiger partial charge >= 0.3 is 0 Å². The molecule has 0 bridgehead atoms. The van der Waals surface area contributed by atoms with Gasteiger partial charge in [0.15, 0.2) is 0 Å². The monoisotopic (exact) mass is 377 g/mol. The summed E-state index contributed by atoms with van der Waals surface area (Å²) in [6.45, 7) is 1.03. The number of ether oxygens (including phenoxy) is 1. The van der Waals surface area contributed by atoms with E-state index in [1.54, 1.807) is 0 Å². The molecule has 0 aliphatic carbocycles. The third-order valence-electron chi connectivity index (χ3n) is 5.12. The van der Waals surface area contributed by atoms with Crippen LogP contribution >= 0.6 is 0 Å². The van der Waals surface area contributed by atoms with Crippen LogP contribution < -0.4 is 10.2 Å². The largest absolute Gasteiger partial charge is 0.484 e. The van der Waals surface area contributed by atoms with Crippen LogP contribution in [-0.2, 0) is 16.1 Å². The Morgan fingerprint density at radius 3 is 2.68 bits per heavy atom. The fraction of sp³-hybridized carbons (Fsp3) is 0.318. The minimum absolute atomic E-state index is 0.0675. The normalized spacial score (nSPS) is 19.0. The van der Waals surface area contributed by atoms with Crippen LogP contribution in [0.3, 0.4) is 0 Å². The summed E-state index contributed by atoms with van der Waals surface area (Å²) in [6, 6.07) is 17.9. The van der Waals surface area contributed by atoms with Gasteiger partial charge < -0.3 is 9.64 Å². The number of hydrogen-bond acceptors (Lipinski definition) is 4. The third kappa shape index (κ3) is 4.22. The van der Waals surface area contributed by atoms with Gasteiger partial charge in [-0.2, -0.15) is 5.10 Å². The molecular formula is C22H23N3O3. The zero-order chi connectivity index (χ0) is 19.3. The molecule has 2 amide bonds. The molecule has 1 N–H and O–H groups in total. The Morgan fingerprint density at radius 2 is 1.89 bits per heavy atom. The van der Waals surface area contributed by atoms with E-state index in [4.69, 9.17) is 4.74 Å². The van der Waals surface area contributed by atoms with Crippen molar-refractivity contribution in [2.75, 3.05) is 6.54 Å². The minimum atomic E-state index is -0.208. The third-order valence-corrected chi connectivity index (χ3v) is 5.12. The van der Waals surface area contributed by atoms with E-state index in [1.165, 1.54) is 0 Å². The standard InChI is InChI=1S/C22H23N3O3/c26-21-12-10-18(23-24-21)11-13-22(27)25-14-17-8-4-5-9-19(17)28-20(15-25)16-6-2-1-3-7-16/h1-9,20H,10-15H2,(H,24,26)/t20-/m1/s1. The summed E-state index contributed by atoms with van der Waals surface area (Å²) in [7, 11) is 0. The number of carbonyl (C=O) groups excluding carboxylic acids is 2. The first-order valence-electron chi connectivity index (χ1n) is 9.60. The highest BCUT2D eigenvalue weighted by molar-refractivity contribution is 5.94. The molecule has 2 aliphatic heterocycles. The Kier molecular flexibility index (Phi) is 5.37. The van der Waals surface area contributed by atoms with Crippen molar-refractivity contribution in [1.82, 2.24) is 10.3 Å². The minimum Gasteiger partial charge on any atom is -0.484 e. The van der Waals surface area contributed by atoms with Crippen LogP contribution in [0.1, 0.15) is 42.9 Å². The summed E-state index contributed by atoms with van der Waals surface area (Å²) in [5.41, 5.74) is 5.43. The molecule has 0 spiro atoms. The van der Waals surface area contributed by atoms with Crippen LogP contribution in [0.5, 0.6) is 5.75 Å². The number of fused-ring (bicyclic) bond motifs is 1. The molecule has 4 rings (SSSR count). The average molecular weight is 377 g/mol. The van der Waals surface area contributed by atoms with Crippen molar-refractivity contribution in [3.05, 3.63) is 65.7 Å². The number of nitrogens with zero attached hydrogens (tertiary/aromatic N) is 2. The molecule has 2 aromatic carbocycles. The van der Waals surface area contributed by atoms with Crippen molar-refractivity contribution < 1.29 is 14.3 Å². The van der Waals surface area contributed by atoms with Gasteiger partial charge in [0, 0.05) is 30.7 Å². The Bertz CT molecular complexity index is 895. The predicted octanol–water partition coefficient (Wildman–Crippen LogP) is 3.20. The topological polar surface area (TPSA) is 71.0 Å². The molecule has 0 radical (unpaired) electrons. The highest BCUT2D eigenvalue weighted by atomic mass is 16.5. The Balaban J connectivity index is 1.50. The summed E-state index contributed by atoms with van der Waals surface area (Å²) in [5.74, 6) is 0.828. The van der Waals surface area contributed by atoms with Gasteiger partial charge in [-0.1, -0.05) is 48.5 Å². The van der Waals surface area contributed by atoms with E-state index in [0.717, 1.165) is 22.6 Å². The molecule has 0 aromatic heterocycles. The fourth-order valence-electron chi connectivity index (χ4n) is 3.54. The van der Waals surface area contributed by atoms with Crippen LogP contribution in [0, 0.1) is 0 Å². The number of rotatable bonds is 4. The van der Waals surface area contributed by atoms with E-state index in [2.05, 4.69) is 10.5 Å². The molecule has 2 heterocycles. The van der Waals surface area contributed by atoms with E-state index in [9.17, 15) is 9.59 Å². The van der Waals surface area contributed by atoms with Crippen molar-refractivity contribution >= 4 is 17.5 Å². The first kappa shape index (κ1) is 18.2. The number of hydrazone groups is 1. The lowest BCUT2D eigenvalue weighted by molar-refractivity contribution is -0.132. The number of hydrogen-bond donors (Lipinski definition) is 1. The van der Waals surface area contributed by atoms with Gasteiger partial charge in [0.05, 0.1) is 6.54 Å². The molecule has 0 unspecified atom stereocenters. The van der Waals surface area contributed by atoms with E-state index < -0.39 is 0 Å². The second kappa shape index (κ2) is 8.25. The quantitative estimate of drug-likeness (QED) is 0.889. The Hall–Kier alpha value is -3.15. The van der Waals surface area contributed by atoms with Crippen molar-refractivity contribution in [1.29, 1.82) is 0 Å². The number of benzene rings is 2. The van der Waals surface area contributed by atoms with Gasteiger partial charge in [-0.15, -0.1) is 0 Å². The lowest BCUT2D eigenvalue weighted by Crippen LogP contribution is -2.34. The maximum Gasteiger partial charge on any atom is 0.240 e. The lowest BCUT2D eigenvalue weighted by atomic mass is 10.1. The summed E-state index contributed by atoms with van der Waals surface area (Å²) in [5, 5.41) is 4.07. The fourth-order valence-corrected chi connectivity index (χ4v) is 3.54. The highest BCUT2D eigenvalue weighted by Gasteiger charge is 2.27. The molecule has 1 atom stereocenters.